The molecule has 208 valence electrons. The summed E-state index contributed by atoms with van der Waals surface area (Å²) < 4.78 is 9.97. The van der Waals surface area contributed by atoms with E-state index in [1.165, 1.54) is 0 Å². The Kier molecular flexibility index (Phi) is 6.97. The van der Waals surface area contributed by atoms with Crippen LogP contribution in [0.4, 0.5) is 16.2 Å². The van der Waals surface area contributed by atoms with Gasteiger partial charge < -0.3 is 24.4 Å². The number of aromatic nitrogens is 3. The predicted octanol–water partition coefficient (Wildman–Crippen LogP) is 6.57. The van der Waals surface area contributed by atoms with Crippen LogP contribution in [-0.4, -0.2) is 46.0 Å². The summed E-state index contributed by atoms with van der Waals surface area (Å²) in [6, 6.07) is 29.6. The van der Waals surface area contributed by atoms with Crippen LogP contribution in [0.15, 0.2) is 97.2 Å². The number of carbonyl (C=O) groups is 1. The maximum atomic E-state index is 14.3. The second-order valence-electron chi connectivity index (χ2n) is 10.3. The molecule has 1 aliphatic heterocycles. The smallest absolute Gasteiger partial charge is 0.323 e. The van der Waals surface area contributed by atoms with Crippen LogP contribution in [0.25, 0.3) is 11.5 Å². The number of hydrogen-bond acceptors (Lipinski definition) is 4. The molecule has 0 spiro atoms. The molecule has 2 aromatic heterocycles. The first-order valence-corrected chi connectivity index (χ1v) is 13.8. The number of ether oxygens (including phenoxy) is 1. The lowest BCUT2D eigenvalue weighted by molar-refractivity contribution is 0.194. The highest BCUT2D eigenvalue weighted by atomic mass is 16.5. The van der Waals surface area contributed by atoms with E-state index in [0.29, 0.717) is 24.6 Å². The Morgan fingerprint density at radius 2 is 1.71 bits per heavy atom. The number of amides is 2. The first-order valence-electron chi connectivity index (χ1n) is 13.8. The molecule has 3 heterocycles. The third-order valence-electron chi connectivity index (χ3n) is 7.50. The molecule has 0 unspecified atom stereocenters. The fraction of sp³-hybridized carbons (Fsp3) is 0.212. The molecule has 1 aliphatic rings. The van der Waals surface area contributed by atoms with E-state index >= 15 is 0 Å². The summed E-state index contributed by atoms with van der Waals surface area (Å²) in [7, 11) is 4.05. The summed E-state index contributed by atoms with van der Waals surface area (Å²) in [6.07, 6.45) is 2.06. The Morgan fingerprint density at radius 1 is 0.976 bits per heavy atom. The first kappa shape index (κ1) is 26.3. The van der Waals surface area contributed by atoms with Crippen LogP contribution < -0.4 is 15.0 Å². The fourth-order valence-electron chi connectivity index (χ4n) is 5.49. The summed E-state index contributed by atoms with van der Waals surface area (Å²) in [4.78, 5) is 18.2. The van der Waals surface area contributed by atoms with Gasteiger partial charge in [-0.25, -0.2) is 9.48 Å². The quantitative estimate of drug-likeness (QED) is 0.262. The molecule has 0 radical (unpaired) electrons. The molecule has 5 aromatic rings. The van der Waals surface area contributed by atoms with Crippen molar-refractivity contribution in [3.63, 3.8) is 0 Å². The van der Waals surface area contributed by atoms with Crippen molar-refractivity contribution in [1.82, 2.24) is 19.2 Å². The topological polar surface area (TPSA) is 67.6 Å². The van der Waals surface area contributed by atoms with Gasteiger partial charge in [-0.1, -0.05) is 42.5 Å². The van der Waals surface area contributed by atoms with E-state index < -0.39 is 0 Å². The number of fused-ring (bicyclic) bond motifs is 3. The highest BCUT2D eigenvalue weighted by molar-refractivity contribution is 5.91. The second-order valence-corrected chi connectivity index (χ2v) is 10.3. The van der Waals surface area contributed by atoms with E-state index in [1.807, 2.05) is 98.2 Å². The number of benzene rings is 3. The SMILES string of the molecule is CCOc1ccccc1NC(=O)N1Cc2c(C)nn(-c3ccccc3)c2-n2cccc2[C@@H]1c1ccc(N(C)C)cc1. The van der Waals surface area contributed by atoms with Gasteiger partial charge in [0.15, 0.2) is 0 Å². The van der Waals surface area contributed by atoms with Crippen molar-refractivity contribution in [1.29, 1.82) is 0 Å². The molecule has 0 saturated carbocycles. The fourth-order valence-corrected chi connectivity index (χ4v) is 5.49. The van der Waals surface area contributed by atoms with Gasteiger partial charge in [-0.2, -0.15) is 5.10 Å². The second kappa shape index (κ2) is 10.9. The zero-order chi connectivity index (χ0) is 28.5. The lowest BCUT2D eigenvalue weighted by Crippen LogP contribution is -2.38. The Balaban J connectivity index is 1.51. The molecule has 0 fully saturated rings. The van der Waals surface area contributed by atoms with Crippen molar-refractivity contribution in [3.05, 3.63) is 120 Å². The maximum Gasteiger partial charge on any atom is 0.323 e. The molecule has 0 saturated heterocycles. The number of anilines is 2. The van der Waals surface area contributed by atoms with Gasteiger partial charge in [0.25, 0.3) is 0 Å². The summed E-state index contributed by atoms with van der Waals surface area (Å²) in [5.74, 6) is 1.58. The standard InChI is InChI=1S/C33H34N6O2/c1-5-41-30-16-10-9-14-28(30)34-33(40)38-22-27-23(2)35-39(26-12-7-6-8-13-26)32(27)37-21-11-15-29(37)31(38)24-17-19-25(20-18-24)36(3)4/h6-21,31H,5,22H2,1-4H3,(H,34,40)/t31-/m0/s1. The van der Waals surface area contributed by atoms with Crippen molar-refractivity contribution in [2.45, 2.75) is 26.4 Å². The normalized spacial score (nSPS) is 14.1. The summed E-state index contributed by atoms with van der Waals surface area (Å²) in [5, 5.41) is 8.09. The number of hydrogen-bond donors (Lipinski definition) is 1. The molecule has 2 amide bonds. The molecule has 41 heavy (non-hydrogen) atoms. The highest BCUT2D eigenvalue weighted by Crippen LogP contribution is 2.39. The largest absolute Gasteiger partial charge is 0.492 e. The van der Waals surface area contributed by atoms with Crippen molar-refractivity contribution in [3.8, 4) is 17.3 Å². The predicted molar refractivity (Wildman–Crippen MR) is 162 cm³/mol. The maximum absolute atomic E-state index is 14.3. The summed E-state index contributed by atoms with van der Waals surface area (Å²) in [5.41, 5.74) is 6.56. The van der Waals surface area contributed by atoms with Crippen molar-refractivity contribution in [2.24, 2.45) is 0 Å². The van der Waals surface area contributed by atoms with Crippen molar-refractivity contribution >= 4 is 17.4 Å². The van der Waals surface area contributed by atoms with Gasteiger partial charge in [0.1, 0.15) is 11.6 Å². The molecule has 3 aromatic carbocycles. The number of para-hydroxylation sites is 3. The zero-order valence-electron chi connectivity index (χ0n) is 23.8. The van der Waals surface area contributed by atoms with Crippen LogP contribution in [0.5, 0.6) is 5.75 Å². The van der Waals surface area contributed by atoms with Crippen LogP contribution in [0.3, 0.4) is 0 Å². The van der Waals surface area contributed by atoms with Crippen molar-refractivity contribution < 1.29 is 9.53 Å². The van der Waals surface area contributed by atoms with E-state index in [1.54, 1.807) is 0 Å². The Hall–Kier alpha value is -4.98. The molecule has 0 bridgehead atoms. The van der Waals surface area contributed by atoms with Gasteiger partial charge in [0.2, 0.25) is 0 Å². The highest BCUT2D eigenvalue weighted by Gasteiger charge is 2.36. The monoisotopic (exact) mass is 546 g/mol. The van der Waals surface area contributed by atoms with Crippen LogP contribution in [-0.2, 0) is 6.54 Å². The number of nitrogens with one attached hydrogen (secondary N) is 1. The minimum atomic E-state index is -0.350. The molecule has 1 N–H and O–H groups in total. The molecule has 8 nitrogen and oxygen atoms in total. The molecule has 1 atom stereocenters. The van der Waals surface area contributed by atoms with E-state index in [0.717, 1.165) is 39.7 Å². The van der Waals surface area contributed by atoms with Gasteiger partial charge in [0, 0.05) is 31.5 Å². The number of rotatable bonds is 6. The van der Waals surface area contributed by atoms with Crippen LogP contribution in [0.2, 0.25) is 0 Å². The molecular formula is C33H34N6O2. The van der Waals surface area contributed by atoms with Gasteiger partial charge in [-0.3, -0.25) is 0 Å². The van der Waals surface area contributed by atoms with Gasteiger partial charge >= 0.3 is 6.03 Å². The van der Waals surface area contributed by atoms with Gasteiger partial charge in [-0.05, 0) is 67.9 Å². The average Bonchev–Trinajstić information content (AvgIpc) is 3.55. The molecule has 8 heteroatoms. The van der Waals surface area contributed by atoms with Crippen LogP contribution >= 0.6 is 0 Å². The Bertz CT molecular complexity index is 1670. The van der Waals surface area contributed by atoms with E-state index in [2.05, 4.69) is 51.3 Å². The summed E-state index contributed by atoms with van der Waals surface area (Å²) in [6.45, 7) is 4.82. The van der Waals surface area contributed by atoms with Gasteiger partial charge in [-0.15, -0.1) is 0 Å². The Labute approximate surface area is 240 Å². The van der Waals surface area contributed by atoms with Crippen LogP contribution in [0.1, 0.15) is 35.5 Å². The van der Waals surface area contributed by atoms with Gasteiger partial charge in [0.05, 0.1) is 42.0 Å². The minimum Gasteiger partial charge on any atom is -0.492 e. The number of aryl methyl sites for hydroxylation is 1. The van der Waals surface area contributed by atoms with Crippen LogP contribution in [0, 0.1) is 6.92 Å². The molecular weight excluding hydrogens is 512 g/mol. The minimum absolute atomic E-state index is 0.216. The lowest BCUT2D eigenvalue weighted by Gasteiger charge is -2.31. The van der Waals surface area contributed by atoms with E-state index in [-0.39, 0.29) is 12.1 Å². The van der Waals surface area contributed by atoms with E-state index in [9.17, 15) is 4.79 Å². The third kappa shape index (κ3) is 4.82. The molecule has 0 aliphatic carbocycles. The first-order chi connectivity index (χ1) is 20.0. The number of urea groups is 1. The number of nitrogens with zero attached hydrogens (tertiary/aromatic N) is 5. The lowest BCUT2D eigenvalue weighted by atomic mass is 10.0. The van der Waals surface area contributed by atoms with E-state index in [4.69, 9.17) is 9.84 Å². The number of carbonyl (C=O) groups excluding carboxylic acids is 1. The van der Waals surface area contributed by atoms with Crippen molar-refractivity contribution in [2.75, 3.05) is 30.9 Å². The average molecular weight is 547 g/mol. The zero-order valence-corrected chi connectivity index (χ0v) is 23.8. The third-order valence-corrected chi connectivity index (χ3v) is 7.50. The Morgan fingerprint density at radius 3 is 2.44 bits per heavy atom. The summed E-state index contributed by atoms with van der Waals surface area (Å²) >= 11 is 0. The molecule has 6 rings (SSSR count).